The Morgan fingerprint density at radius 2 is 0.800 bits per heavy atom. The molecule has 3 aliphatic carbocycles. The smallest absolute Gasteiger partial charge is 0.195 e. The van der Waals surface area contributed by atoms with E-state index in [9.17, 15) is 4.79 Å². The van der Waals surface area contributed by atoms with E-state index in [1.807, 2.05) is 54.6 Å². The summed E-state index contributed by atoms with van der Waals surface area (Å²) in [4.78, 5) is 14.4. The van der Waals surface area contributed by atoms with Crippen molar-refractivity contribution in [3.63, 3.8) is 0 Å². The Balaban J connectivity index is 1.28. The van der Waals surface area contributed by atoms with Gasteiger partial charge in [0.1, 0.15) is 0 Å². The summed E-state index contributed by atoms with van der Waals surface area (Å²) in [5.74, 6) is 0.0260. The minimum absolute atomic E-state index is 0.0260. The molecule has 0 atom stereocenters. The molecule has 208 valence electrons. The number of hydrogen-bond acceptors (Lipinski definition) is 1. The van der Waals surface area contributed by atoms with Gasteiger partial charge in [0, 0.05) is 32.9 Å². The molecule has 7 aromatic rings. The van der Waals surface area contributed by atoms with Gasteiger partial charge in [-0.3, -0.25) is 4.79 Å². The van der Waals surface area contributed by atoms with E-state index >= 15 is 0 Å². The number of hydrogen-bond donors (Lipinski definition) is 0. The van der Waals surface area contributed by atoms with Crippen LogP contribution in [-0.4, -0.2) is 5.78 Å². The maximum atomic E-state index is 14.4. The highest BCUT2D eigenvalue weighted by molar-refractivity contribution is 6.62. The molecule has 0 bridgehead atoms. The van der Waals surface area contributed by atoms with Crippen molar-refractivity contribution in [3.05, 3.63) is 167 Å². The molecule has 0 radical (unpaired) electrons. The molecule has 0 aromatic heterocycles. The topological polar surface area (TPSA) is 17.1 Å². The van der Waals surface area contributed by atoms with Crippen LogP contribution in [0.5, 0.6) is 0 Å². The molecule has 0 heterocycles. The maximum absolute atomic E-state index is 14.4. The quantitative estimate of drug-likeness (QED) is 0.200. The molecule has 0 aliphatic heterocycles. The first-order valence-electron chi connectivity index (χ1n) is 15.3. The second-order valence-electron chi connectivity index (χ2n) is 12.0. The van der Waals surface area contributed by atoms with Gasteiger partial charge in [0.15, 0.2) is 5.78 Å². The van der Waals surface area contributed by atoms with E-state index in [2.05, 4.69) is 84.9 Å². The summed E-state index contributed by atoms with van der Waals surface area (Å²) in [6.45, 7) is 0. The standard InChI is InChI=1S/C43H23ClO/c44-36-19-7-6-14-33(36)42-41-35-23-21-28(27-20-22-32-26-13-5-4-12-25(26)29-15-8-16-30(27)38(29)32)31-17-9-18-34(39(31)35)40(41)37(43(42)45)24-10-2-1-3-11-24/h1-23H. The number of fused-ring (bicyclic) bond motifs is 6. The summed E-state index contributed by atoms with van der Waals surface area (Å²) in [6, 6.07) is 48.7. The SMILES string of the molecule is O=C1C(c2ccccc2)=C2C(=C1c1ccccc1Cl)c1ccc(-c3ccc4c5c(cccc35)-c3ccccc3-4)c3cccc2c13. The van der Waals surface area contributed by atoms with Crippen molar-refractivity contribution in [2.24, 2.45) is 0 Å². The van der Waals surface area contributed by atoms with Gasteiger partial charge in [0.25, 0.3) is 0 Å². The molecule has 10 rings (SSSR count). The summed E-state index contributed by atoms with van der Waals surface area (Å²) in [6.07, 6.45) is 0. The van der Waals surface area contributed by atoms with Gasteiger partial charge >= 0.3 is 0 Å². The fourth-order valence-corrected chi connectivity index (χ4v) is 8.27. The van der Waals surface area contributed by atoms with Gasteiger partial charge in [-0.25, -0.2) is 0 Å². The average molecular weight is 591 g/mol. The van der Waals surface area contributed by atoms with Crippen molar-refractivity contribution in [1.29, 1.82) is 0 Å². The Bertz CT molecular complexity index is 2520. The normalized spacial score (nSPS) is 14.2. The van der Waals surface area contributed by atoms with Gasteiger partial charge in [0.05, 0.1) is 0 Å². The van der Waals surface area contributed by atoms with Gasteiger partial charge in [-0.1, -0.05) is 145 Å². The molecule has 0 saturated heterocycles. The number of Topliss-reactive ketones (excluding diaryl/α,β-unsaturated/α-hetero) is 1. The van der Waals surface area contributed by atoms with Crippen molar-refractivity contribution >= 4 is 61.2 Å². The number of carbonyl (C=O) groups excluding carboxylic acids is 1. The molecule has 1 nitrogen and oxygen atoms in total. The van der Waals surface area contributed by atoms with E-state index < -0.39 is 0 Å². The third kappa shape index (κ3) is 3.21. The van der Waals surface area contributed by atoms with Crippen molar-refractivity contribution < 1.29 is 4.79 Å². The van der Waals surface area contributed by atoms with E-state index in [0.717, 1.165) is 39.0 Å². The molecule has 0 fully saturated rings. The predicted molar refractivity (Wildman–Crippen MR) is 188 cm³/mol. The summed E-state index contributed by atoms with van der Waals surface area (Å²) >= 11 is 6.79. The highest BCUT2D eigenvalue weighted by Gasteiger charge is 2.41. The lowest BCUT2D eigenvalue weighted by molar-refractivity contribution is -0.108. The zero-order valence-corrected chi connectivity index (χ0v) is 24.8. The average Bonchev–Trinajstić information content (AvgIpc) is 3.69. The van der Waals surface area contributed by atoms with Crippen molar-refractivity contribution in [1.82, 2.24) is 0 Å². The summed E-state index contributed by atoms with van der Waals surface area (Å²) in [5, 5.41) is 5.54. The minimum atomic E-state index is 0.0260. The van der Waals surface area contributed by atoms with Gasteiger partial charge in [-0.05, 0) is 77.7 Å². The summed E-state index contributed by atoms with van der Waals surface area (Å²) in [7, 11) is 0. The van der Waals surface area contributed by atoms with Gasteiger partial charge in [-0.15, -0.1) is 0 Å². The molecular formula is C43H23ClO. The highest BCUT2D eigenvalue weighted by atomic mass is 35.5. The number of allylic oxidation sites excluding steroid dienone is 4. The van der Waals surface area contributed by atoms with Crippen LogP contribution < -0.4 is 0 Å². The number of carbonyl (C=O) groups is 1. The highest BCUT2D eigenvalue weighted by Crippen LogP contribution is 2.58. The predicted octanol–water partition coefficient (Wildman–Crippen LogP) is 11.4. The zero-order chi connectivity index (χ0) is 29.8. The maximum Gasteiger partial charge on any atom is 0.195 e. The van der Waals surface area contributed by atoms with Gasteiger partial charge in [-0.2, -0.15) is 0 Å². The van der Waals surface area contributed by atoms with Crippen LogP contribution in [0.4, 0.5) is 0 Å². The number of rotatable bonds is 3. The molecule has 3 aliphatic rings. The molecular weight excluding hydrogens is 568 g/mol. The number of benzene rings is 7. The largest absolute Gasteiger partial charge is 0.289 e. The van der Waals surface area contributed by atoms with E-state index in [0.29, 0.717) is 10.6 Å². The van der Waals surface area contributed by atoms with Crippen LogP contribution in [-0.2, 0) is 4.79 Å². The second-order valence-corrected chi connectivity index (χ2v) is 12.4. The summed E-state index contributed by atoms with van der Waals surface area (Å²) in [5.41, 5.74) is 14.9. The third-order valence-electron chi connectivity index (χ3n) is 9.83. The van der Waals surface area contributed by atoms with Crippen LogP contribution in [0.1, 0.15) is 22.3 Å². The first-order chi connectivity index (χ1) is 22.2. The second kappa shape index (κ2) is 9.01. The zero-order valence-electron chi connectivity index (χ0n) is 24.1. The molecule has 0 unspecified atom stereocenters. The minimum Gasteiger partial charge on any atom is -0.289 e. The fraction of sp³-hybridized carbons (Fsp3) is 0. The number of halogens is 1. The Morgan fingerprint density at radius 3 is 1.49 bits per heavy atom. The van der Waals surface area contributed by atoms with Crippen LogP contribution in [0.2, 0.25) is 5.02 Å². The number of ketones is 1. The van der Waals surface area contributed by atoms with Crippen molar-refractivity contribution in [2.75, 3.05) is 0 Å². The first-order valence-corrected chi connectivity index (χ1v) is 15.6. The lowest BCUT2D eigenvalue weighted by atomic mass is 9.88. The third-order valence-corrected chi connectivity index (χ3v) is 10.2. The first kappa shape index (κ1) is 24.9. The Morgan fingerprint density at radius 1 is 0.333 bits per heavy atom. The van der Waals surface area contributed by atoms with E-state index in [-0.39, 0.29) is 5.78 Å². The molecule has 0 amide bonds. The van der Waals surface area contributed by atoms with E-state index in [4.69, 9.17) is 11.6 Å². The fourth-order valence-electron chi connectivity index (χ4n) is 8.04. The van der Waals surface area contributed by atoms with Crippen LogP contribution in [0.25, 0.3) is 77.2 Å². The van der Waals surface area contributed by atoms with Crippen LogP contribution in [0.3, 0.4) is 0 Å². The monoisotopic (exact) mass is 590 g/mol. The van der Waals surface area contributed by atoms with Crippen LogP contribution in [0, 0.1) is 0 Å². The summed E-state index contributed by atoms with van der Waals surface area (Å²) < 4.78 is 0. The molecule has 45 heavy (non-hydrogen) atoms. The van der Waals surface area contributed by atoms with E-state index in [1.54, 1.807) is 0 Å². The Kier molecular flexibility index (Phi) is 4.99. The van der Waals surface area contributed by atoms with Gasteiger partial charge < -0.3 is 0 Å². The molecule has 0 N–H and O–H groups in total. The van der Waals surface area contributed by atoms with Crippen molar-refractivity contribution in [3.8, 4) is 33.4 Å². The molecule has 2 heteroatoms. The lowest BCUT2D eigenvalue weighted by Gasteiger charge is -2.14. The molecule has 0 spiro atoms. The van der Waals surface area contributed by atoms with Crippen LogP contribution in [0.15, 0.2) is 140 Å². The van der Waals surface area contributed by atoms with Crippen LogP contribution >= 0.6 is 11.6 Å². The molecule has 7 aromatic carbocycles. The van der Waals surface area contributed by atoms with Crippen molar-refractivity contribution in [2.45, 2.75) is 0 Å². The lowest BCUT2D eigenvalue weighted by Crippen LogP contribution is -2.03. The van der Waals surface area contributed by atoms with E-state index in [1.165, 1.54) is 54.9 Å². The Hall–Kier alpha value is -5.50. The van der Waals surface area contributed by atoms with Gasteiger partial charge in [0.2, 0.25) is 0 Å². The Labute approximate surface area is 265 Å². The molecule has 0 saturated carbocycles.